The minimum absolute atomic E-state index is 0.0467. The van der Waals surface area contributed by atoms with Crippen LogP contribution in [0.1, 0.15) is 22.8 Å². The fraction of sp³-hybridized carbons (Fsp3) is 0.118. The summed E-state index contributed by atoms with van der Waals surface area (Å²) in [5.74, 6) is 0.180. The quantitative estimate of drug-likeness (QED) is 0.107. The summed E-state index contributed by atoms with van der Waals surface area (Å²) >= 11 is 2.76. The third-order valence-electron chi connectivity index (χ3n) is 6.59. The molecular formula is C34H30N4O5S2. The van der Waals surface area contributed by atoms with Crippen LogP contribution >= 0.6 is 23.1 Å². The summed E-state index contributed by atoms with van der Waals surface area (Å²) in [5.41, 5.74) is 2.40. The molecule has 0 spiro atoms. The Kier molecular flexibility index (Phi) is 10.1. The van der Waals surface area contributed by atoms with E-state index in [1.807, 2.05) is 55.5 Å². The molecule has 9 nitrogen and oxygen atoms in total. The van der Waals surface area contributed by atoms with Gasteiger partial charge in [-0.15, -0.1) is 11.8 Å². The van der Waals surface area contributed by atoms with Crippen molar-refractivity contribution >= 4 is 67.9 Å². The van der Waals surface area contributed by atoms with Crippen LogP contribution in [0.5, 0.6) is 11.5 Å². The SMILES string of the molecule is COc1ccc2nc(NC(=O)C(C)Sc3ccc(NC(=O)/C(=C/c4ccccc4OC)NC(=O)c4ccccc4)cc3)sc2c1. The number of aromatic nitrogens is 1. The van der Waals surface area contributed by atoms with Gasteiger partial charge in [0.25, 0.3) is 11.8 Å². The number of thiazole rings is 1. The normalized spacial score (nSPS) is 11.8. The Balaban J connectivity index is 1.24. The van der Waals surface area contributed by atoms with Crippen LogP contribution in [-0.4, -0.2) is 42.2 Å². The van der Waals surface area contributed by atoms with Gasteiger partial charge in [0.2, 0.25) is 5.91 Å². The largest absolute Gasteiger partial charge is 0.497 e. The molecule has 45 heavy (non-hydrogen) atoms. The van der Waals surface area contributed by atoms with E-state index in [1.54, 1.807) is 61.7 Å². The maximum Gasteiger partial charge on any atom is 0.272 e. The van der Waals surface area contributed by atoms with Crippen molar-refractivity contribution in [2.75, 3.05) is 24.9 Å². The van der Waals surface area contributed by atoms with Crippen molar-refractivity contribution in [3.05, 3.63) is 114 Å². The van der Waals surface area contributed by atoms with Crippen LogP contribution in [0.3, 0.4) is 0 Å². The smallest absolute Gasteiger partial charge is 0.272 e. The van der Waals surface area contributed by atoms with E-state index in [2.05, 4.69) is 20.9 Å². The number of carbonyl (C=O) groups excluding carboxylic acids is 3. The molecule has 0 radical (unpaired) electrons. The van der Waals surface area contributed by atoms with E-state index >= 15 is 0 Å². The number of thioether (sulfide) groups is 1. The average Bonchev–Trinajstić information content (AvgIpc) is 3.47. The second kappa shape index (κ2) is 14.6. The molecule has 1 unspecified atom stereocenters. The zero-order valence-electron chi connectivity index (χ0n) is 24.7. The number of methoxy groups -OCH3 is 2. The molecule has 5 rings (SSSR count). The maximum atomic E-state index is 13.4. The molecule has 0 saturated carbocycles. The van der Waals surface area contributed by atoms with Gasteiger partial charge >= 0.3 is 0 Å². The number of hydrogen-bond acceptors (Lipinski definition) is 8. The molecule has 228 valence electrons. The first-order valence-electron chi connectivity index (χ1n) is 13.9. The number of ether oxygens (including phenoxy) is 2. The van der Waals surface area contributed by atoms with Gasteiger partial charge in [-0.2, -0.15) is 0 Å². The van der Waals surface area contributed by atoms with Crippen LogP contribution in [0.15, 0.2) is 108 Å². The second-order valence-electron chi connectivity index (χ2n) is 9.70. The van der Waals surface area contributed by atoms with Crippen molar-refractivity contribution in [3.8, 4) is 11.5 Å². The van der Waals surface area contributed by atoms with E-state index in [-0.39, 0.29) is 11.6 Å². The zero-order chi connectivity index (χ0) is 31.8. The molecule has 0 aliphatic heterocycles. The molecule has 3 N–H and O–H groups in total. The molecule has 1 atom stereocenters. The summed E-state index contributed by atoms with van der Waals surface area (Å²) in [6, 6.07) is 28.5. The fourth-order valence-corrected chi connectivity index (χ4v) is 6.01. The Morgan fingerprint density at radius 2 is 1.60 bits per heavy atom. The van der Waals surface area contributed by atoms with Crippen molar-refractivity contribution in [3.63, 3.8) is 0 Å². The van der Waals surface area contributed by atoms with Crippen LogP contribution in [-0.2, 0) is 9.59 Å². The summed E-state index contributed by atoms with van der Waals surface area (Å²) in [7, 11) is 3.15. The predicted molar refractivity (Wildman–Crippen MR) is 180 cm³/mol. The third kappa shape index (κ3) is 8.08. The Morgan fingerprint density at radius 1 is 0.867 bits per heavy atom. The van der Waals surface area contributed by atoms with Gasteiger partial charge in [0, 0.05) is 21.7 Å². The van der Waals surface area contributed by atoms with E-state index in [9.17, 15) is 14.4 Å². The van der Waals surface area contributed by atoms with Crippen molar-refractivity contribution in [2.45, 2.75) is 17.1 Å². The molecule has 5 aromatic rings. The first-order chi connectivity index (χ1) is 21.8. The first kappa shape index (κ1) is 31.3. The van der Waals surface area contributed by atoms with Gasteiger partial charge in [-0.3, -0.25) is 14.4 Å². The Bertz CT molecular complexity index is 1860. The van der Waals surface area contributed by atoms with Crippen molar-refractivity contribution < 1.29 is 23.9 Å². The van der Waals surface area contributed by atoms with Gasteiger partial charge in [-0.25, -0.2) is 4.98 Å². The van der Waals surface area contributed by atoms with Crippen molar-refractivity contribution in [1.82, 2.24) is 10.3 Å². The number of nitrogens with zero attached hydrogens (tertiary/aromatic N) is 1. The second-order valence-corrected chi connectivity index (χ2v) is 12.1. The lowest BCUT2D eigenvalue weighted by Gasteiger charge is -2.13. The third-order valence-corrected chi connectivity index (χ3v) is 8.63. The fourth-order valence-electron chi connectivity index (χ4n) is 4.25. The maximum absolute atomic E-state index is 13.4. The number of carbonyl (C=O) groups is 3. The topological polar surface area (TPSA) is 119 Å². The van der Waals surface area contributed by atoms with E-state index in [0.29, 0.717) is 27.7 Å². The summed E-state index contributed by atoms with van der Waals surface area (Å²) in [5, 5.41) is 8.58. The standard InChI is InChI=1S/C34H30N4O5S2/c1-21(31(39)38-34-37-27-18-15-25(42-2)20-30(27)45-34)44-26-16-13-24(14-17-26)35-33(41)28(19-23-11-7-8-12-29(23)43-3)36-32(40)22-9-5-4-6-10-22/h4-21H,1-3H3,(H,35,41)(H,36,40)(H,37,38,39)/b28-19-. The Morgan fingerprint density at radius 3 is 2.33 bits per heavy atom. The van der Waals surface area contributed by atoms with Gasteiger partial charge in [-0.1, -0.05) is 47.7 Å². The molecule has 3 amide bonds. The summed E-state index contributed by atoms with van der Waals surface area (Å²) in [6.07, 6.45) is 1.57. The lowest BCUT2D eigenvalue weighted by Crippen LogP contribution is -2.30. The van der Waals surface area contributed by atoms with Gasteiger partial charge in [0.15, 0.2) is 5.13 Å². The molecule has 1 heterocycles. The van der Waals surface area contributed by atoms with Gasteiger partial charge in [-0.05, 0) is 73.7 Å². The molecule has 0 fully saturated rings. The van der Waals surface area contributed by atoms with Crippen LogP contribution in [0.4, 0.5) is 10.8 Å². The molecule has 4 aromatic carbocycles. The van der Waals surface area contributed by atoms with Gasteiger partial charge in [0.05, 0.1) is 29.7 Å². The Labute approximate surface area is 268 Å². The van der Waals surface area contributed by atoms with Gasteiger partial charge in [0.1, 0.15) is 17.2 Å². The minimum atomic E-state index is -0.508. The molecule has 1 aromatic heterocycles. The number of rotatable bonds is 11. The van der Waals surface area contributed by atoms with E-state index in [4.69, 9.17) is 9.47 Å². The number of fused-ring (bicyclic) bond motifs is 1. The number of nitrogens with one attached hydrogen (secondary N) is 3. The van der Waals surface area contributed by atoms with Crippen LogP contribution in [0.25, 0.3) is 16.3 Å². The number of hydrogen-bond donors (Lipinski definition) is 3. The number of amides is 3. The van der Waals surface area contributed by atoms with Crippen LogP contribution < -0.4 is 25.4 Å². The molecule has 0 bridgehead atoms. The van der Waals surface area contributed by atoms with Crippen LogP contribution in [0.2, 0.25) is 0 Å². The molecular weight excluding hydrogens is 609 g/mol. The average molecular weight is 639 g/mol. The highest BCUT2D eigenvalue weighted by atomic mass is 32.2. The first-order valence-corrected chi connectivity index (χ1v) is 15.6. The molecule has 0 aliphatic carbocycles. The minimum Gasteiger partial charge on any atom is -0.497 e. The van der Waals surface area contributed by atoms with E-state index in [0.717, 1.165) is 20.9 Å². The highest BCUT2D eigenvalue weighted by molar-refractivity contribution is 8.00. The Hall–Kier alpha value is -5.13. The number of anilines is 2. The summed E-state index contributed by atoms with van der Waals surface area (Å²) < 4.78 is 11.6. The summed E-state index contributed by atoms with van der Waals surface area (Å²) in [4.78, 5) is 44.6. The lowest BCUT2D eigenvalue weighted by molar-refractivity contribution is -0.115. The monoisotopic (exact) mass is 638 g/mol. The molecule has 0 saturated heterocycles. The highest BCUT2D eigenvalue weighted by Crippen LogP contribution is 2.31. The predicted octanol–water partition coefficient (Wildman–Crippen LogP) is 6.84. The lowest BCUT2D eigenvalue weighted by atomic mass is 10.1. The summed E-state index contributed by atoms with van der Waals surface area (Å²) in [6.45, 7) is 1.82. The number of benzene rings is 4. The van der Waals surface area contributed by atoms with Crippen LogP contribution in [0, 0.1) is 0 Å². The molecule has 11 heteroatoms. The highest BCUT2D eigenvalue weighted by Gasteiger charge is 2.18. The van der Waals surface area contributed by atoms with Gasteiger partial charge < -0.3 is 25.4 Å². The van der Waals surface area contributed by atoms with E-state index in [1.165, 1.54) is 30.2 Å². The number of para-hydroxylation sites is 1. The van der Waals surface area contributed by atoms with Crippen molar-refractivity contribution in [1.29, 1.82) is 0 Å². The molecule has 0 aliphatic rings. The van der Waals surface area contributed by atoms with E-state index < -0.39 is 17.1 Å². The van der Waals surface area contributed by atoms with Crippen molar-refractivity contribution in [2.24, 2.45) is 0 Å². The zero-order valence-corrected chi connectivity index (χ0v) is 26.3.